The van der Waals surface area contributed by atoms with Crippen molar-refractivity contribution in [1.29, 1.82) is 0 Å². The Balaban J connectivity index is 1.64. The Morgan fingerprint density at radius 2 is 1.92 bits per heavy atom. The summed E-state index contributed by atoms with van der Waals surface area (Å²) in [5, 5.41) is 12.0. The molecular formula is C18H19N5OS. The van der Waals surface area contributed by atoms with Gasteiger partial charge in [0, 0.05) is 30.7 Å². The molecule has 7 heteroatoms. The maximum Gasteiger partial charge on any atom is 0.234 e. The fraction of sp³-hybridized carbons (Fsp3) is 0.222. The van der Waals surface area contributed by atoms with E-state index in [2.05, 4.69) is 20.5 Å². The molecule has 1 aromatic carbocycles. The monoisotopic (exact) mass is 353 g/mol. The first-order valence-corrected chi connectivity index (χ1v) is 8.83. The van der Waals surface area contributed by atoms with Crippen molar-refractivity contribution in [2.24, 2.45) is 7.05 Å². The number of benzene rings is 1. The van der Waals surface area contributed by atoms with E-state index in [0.29, 0.717) is 5.16 Å². The van der Waals surface area contributed by atoms with E-state index in [1.165, 1.54) is 17.3 Å². The first-order chi connectivity index (χ1) is 12.0. The largest absolute Gasteiger partial charge is 0.325 e. The molecule has 2 aromatic heterocycles. The van der Waals surface area contributed by atoms with Gasteiger partial charge >= 0.3 is 0 Å². The van der Waals surface area contributed by atoms with Crippen LogP contribution in [0.15, 0.2) is 47.9 Å². The number of carbonyl (C=O) groups is 1. The maximum atomic E-state index is 12.2. The third kappa shape index (κ3) is 4.06. The van der Waals surface area contributed by atoms with Gasteiger partial charge in [0.05, 0.1) is 5.75 Å². The predicted molar refractivity (Wildman–Crippen MR) is 99.5 cm³/mol. The molecule has 0 atom stereocenters. The van der Waals surface area contributed by atoms with Gasteiger partial charge in [-0.2, -0.15) is 0 Å². The number of amides is 1. The molecule has 0 unspecified atom stereocenters. The number of nitrogens with zero attached hydrogens (tertiary/aromatic N) is 4. The van der Waals surface area contributed by atoms with Crippen LogP contribution in [0.5, 0.6) is 0 Å². The lowest BCUT2D eigenvalue weighted by atomic mass is 10.1. The molecule has 1 amide bonds. The van der Waals surface area contributed by atoms with E-state index < -0.39 is 0 Å². The number of pyridine rings is 1. The second kappa shape index (κ2) is 7.48. The summed E-state index contributed by atoms with van der Waals surface area (Å²) < 4.78 is 1.88. The normalized spacial score (nSPS) is 10.7. The molecule has 128 valence electrons. The zero-order chi connectivity index (χ0) is 17.8. The minimum absolute atomic E-state index is 0.0644. The number of hydrogen-bond donors (Lipinski definition) is 1. The van der Waals surface area contributed by atoms with Crippen molar-refractivity contribution in [2.45, 2.75) is 19.0 Å². The van der Waals surface area contributed by atoms with E-state index in [1.807, 2.05) is 55.8 Å². The molecule has 0 aliphatic carbocycles. The molecule has 0 radical (unpaired) electrons. The molecule has 1 N–H and O–H groups in total. The number of thioether (sulfide) groups is 1. The predicted octanol–water partition coefficient (Wildman–Crippen LogP) is 3.22. The van der Waals surface area contributed by atoms with E-state index in [0.717, 1.165) is 22.6 Å². The first kappa shape index (κ1) is 17.2. The molecule has 0 fully saturated rings. The van der Waals surface area contributed by atoms with E-state index in [-0.39, 0.29) is 11.7 Å². The summed E-state index contributed by atoms with van der Waals surface area (Å²) in [5.41, 5.74) is 4.01. The second-order valence-corrected chi connectivity index (χ2v) is 6.70. The van der Waals surface area contributed by atoms with Gasteiger partial charge in [-0.05, 0) is 37.6 Å². The highest BCUT2D eigenvalue weighted by atomic mass is 32.2. The Morgan fingerprint density at radius 1 is 1.16 bits per heavy atom. The van der Waals surface area contributed by atoms with Gasteiger partial charge in [-0.25, -0.2) is 0 Å². The Kier molecular flexibility index (Phi) is 5.14. The van der Waals surface area contributed by atoms with Crippen molar-refractivity contribution in [2.75, 3.05) is 11.1 Å². The van der Waals surface area contributed by atoms with Gasteiger partial charge in [0.1, 0.15) is 0 Å². The molecule has 25 heavy (non-hydrogen) atoms. The Bertz CT molecular complexity index is 892. The number of carbonyl (C=O) groups excluding carboxylic acids is 1. The lowest BCUT2D eigenvalue weighted by Gasteiger charge is -2.09. The average Bonchev–Trinajstić information content (AvgIpc) is 2.97. The summed E-state index contributed by atoms with van der Waals surface area (Å²) in [7, 11) is 1.89. The summed E-state index contributed by atoms with van der Waals surface area (Å²) in [4.78, 5) is 16.2. The van der Waals surface area contributed by atoms with Gasteiger partial charge in [-0.1, -0.05) is 29.5 Å². The van der Waals surface area contributed by atoms with Gasteiger partial charge in [-0.3, -0.25) is 9.78 Å². The Morgan fingerprint density at radius 3 is 2.64 bits per heavy atom. The molecule has 3 rings (SSSR count). The zero-order valence-electron chi connectivity index (χ0n) is 14.4. The van der Waals surface area contributed by atoms with Crippen LogP contribution in [0.1, 0.15) is 11.1 Å². The number of anilines is 1. The van der Waals surface area contributed by atoms with E-state index in [1.54, 1.807) is 12.4 Å². The van der Waals surface area contributed by atoms with Crippen molar-refractivity contribution >= 4 is 23.4 Å². The lowest BCUT2D eigenvalue weighted by Crippen LogP contribution is -2.15. The van der Waals surface area contributed by atoms with Gasteiger partial charge in [0.25, 0.3) is 0 Å². The van der Waals surface area contributed by atoms with E-state index >= 15 is 0 Å². The highest BCUT2D eigenvalue weighted by molar-refractivity contribution is 7.99. The fourth-order valence-electron chi connectivity index (χ4n) is 2.46. The molecule has 0 aliphatic heterocycles. The molecular weight excluding hydrogens is 334 g/mol. The number of hydrogen-bond acceptors (Lipinski definition) is 5. The third-order valence-electron chi connectivity index (χ3n) is 3.76. The summed E-state index contributed by atoms with van der Waals surface area (Å²) in [6, 6.07) is 9.72. The van der Waals surface area contributed by atoms with Gasteiger partial charge < -0.3 is 9.88 Å². The van der Waals surface area contributed by atoms with Crippen LogP contribution in [-0.2, 0) is 11.8 Å². The molecule has 2 heterocycles. The topological polar surface area (TPSA) is 72.7 Å². The summed E-state index contributed by atoms with van der Waals surface area (Å²) in [6.07, 6.45) is 3.43. The molecule has 0 aliphatic rings. The fourth-order valence-corrected chi connectivity index (χ4v) is 3.17. The zero-order valence-corrected chi connectivity index (χ0v) is 15.2. The highest BCUT2D eigenvalue weighted by Crippen LogP contribution is 2.22. The molecule has 0 bridgehead atoms. The van der Waals surface area contributed by atoms with Crippen LogP contribution in [0, 0.1) is 13.8 Å². The smallest absolute Gasteiger partial charge is 0.234 e. The van der Waals surface area contributed by atoms with Crippen LogP contribution in [0.3, 0.4) is 0 Å². The maximum absolute atomic E-state index is 12.2. The van der Waals surface area contributed by atoms with E-state index in [4.69, 9.17) is 0 Å². The SMILES string of the molecule is Cc1ccc(NC(=O)CSc2nnc(-c3ccncc3)n2C)c(C)c1. The number of aromatic nitrogens is 4. The summed E-state index contributed by atoms with van der Waals surface area (Å²) >= 11 is 1.36. The molecule has 6 nitrogen and oxygen atoms in total. The van der Waals surface area contributed by atoms with Crippen molar-refractivity contribution in [3.63, 3.8) is 0 Å². The molecule has 0 saturated heterocycles. The van der Waals surface area contributed by atoms with Crippen molar-refractivity contribution in [1.82, 2.24) is 19.7 Å². The molecule has 0 spiro atoms. The van der Waals surface area contributed by atoms with Crippen LogP contribution in [0.25, 0.3) is 11.4 Å². The quantitative estimate of drug-likeness (QED) is 0.713. The third-order valence-corrected chi connectivity index (χ3v) is 4.78. The summed E-state index contributed by atoms with van der Waals surface area (Å²) in [6.45, 7) is 4.02. The van der Waals surface area contributed by atoms with Crippen molar-refractivity contribution in [3.05, 3.63) is 53.9 Å². The first-order valence-electron chi connectivity index (χ1n) is 7.84. The second-order valence-electron chi connectivity index (χ2n) is 5.76. The Labute approximate surface area is 150 Å². The Hall–Kier alpha value is -2.67. The van der Waals surface area contributed by atoms with Crippen LogP contribution in [0.4, 0.5) is 5.69 Å². The van der Waals surface area contributed by atoms with Crippen LogP contribution >= 0.6 is 11.8 Å². The minimum Gasteiger partial charge on any atom is -0.325 e. The van der Waals surface area contributed by atoms with Crippen LogP contribution in [0.2, 0.25) is 0 Å². The van der Waals surface area contributed by atoms with Crippen LogP contribution < -0.4 is 5.32 Å². The van der Waals surface area contributed by atoms with Gasteiger partial charge in [-0.15, -0.1) is 10.2 Å². The highest BCUT2D eigenvalue weighted by Gasteiger charge is 2.13. The van der Waals surface area contributed by atoms with Crippen molar-refractivity contribution < 1.29 is 4.79 Å². The van der Waals surface area contributed by atoms with Crippen LogP contribution in [-0.4, -0.2) is 31.4 Å². The molecule has 0 saturated carbocycles. The van der Waals surface area contributed by atoms with Gasteiger partial charge in [0.2, 0.25) is 5.91 Å². The average molecular weight is 353 g/mol. The standard InChI is InChI=1S/C18H19N5OS/c1-12-4-5-15(13(2)10-12)20-16(24)11-25-18-22-21-17(23(18)3)14-6-8-19-9-7-14/h4-10H,11H2,1-3H3,(H,20,24). The lowest BCUT2D eigenvalue weighted by molar-refractivity contribution is -0.113. The number of rotatable bonds is 5. The number of nitrogens with one attached hydrogen (secondary N) is 1. The van der Waals surface area contributed by atoms with E-state index in [9.17, 15) is 4.79 Å². The van der Waals surface area contributed by atoms with Crippen molar-refractivity contribution in [3.8, 4) is 11.4 Å². The van der Waals surface area contributed by atoms with Gasteiger partial charge in [0.15, 0.2) is 11.0 Å². The molecule has 3 aromatic rings. The summed E-state index contributed by atoms with van der Waals surface area (Å²) in [5.74, 6) is 0.959. The minimum atomic E-state index is -0.0644. The number of aryl methyl sites for hydroxylation is 2.